The van der Waals surface area contributed by atoms with Crippen molar-refractivity contribution in [3.05, 3.63) is 65.7 Å². The monoisotopic (exact) mass is 278 g/mol. The minimum Gasteiger partial charge on any atom is -0.513 e. The van der Waals surface area contributed by atoms with Gasteiger partial charge in [0.1, 0.15) is 11.5 Å². The molecule has 0 radical (unpaired) electrons. The van der Waals surface area contributed by atoms with Crippen LogP contribution in [0.15, 0.2) is 54.5 Å². The number of rotatable bonds is 2. The van der Waals surface area contributed by atoms with Crippen LogP contribution >= 0.6 is 0 Å². The normalized spacial score (nSPS) is 10.7. The number of allylic oxidation sites excluding steroid dienone is 4. The third-order valence-electron chi connectivity index (χ3n) is 2.19. The maximum atomic E-state index is 8.94. The molecule has 0 aromatic heterocycles. The number of phenolic OH excluding ortho intramolecular Hbond substituents is 1. The first-order valence-electron chi connectivity index (χ1n) is 6.52. The van der Waals surface area contributed by atoms with Crippen molar-refractivity contribution in [3.63, 3.8) is 0 Å². The molecule has 0 fully saturated rings. The summed E-state index contributed by atoms with van der Waals surface area (Å²) < 4.78 is 0. The number of aliphatic hydroxyl groups excluding tert-OH is 2. The third kappa shape index (κ3) is 11.0. The van der Waals surface area contributed by atoms with Crippen LogP contribution in [0.3, 0.4) is 0 Å². The van der Waals surface area contributed by atoms with Gasteiger partial charge in [-0.15, -0.1) is 0 Å². The average Bonchev–Trinajstić information content (AvgIpc) is 2.43. The molecule has 20 heavy (non-hydrogen) atoms. The zero-order valence-electron chi connectivity index (χ0n) is 13.0. The van der Waals surface area contributed by atoms with Crippen molar-refractivity contribution in [3.8, 4) is 5.75 Å². The van der Waals surface area contributed by atoms with E-state index in [1.54, 1.807) is 12.1 Å². The van der Waals surface area contributed by atoms with E-state index in [1.807, 2.05) is 33.8 Å². The second-order valence-electron chi connectivity index (χ2n) is 3.87. The first-order chi connectivity index (χ1) is 9.36. The van der Waals surface area contributed by atoms with Gasteiger partial charge < -0.3 is 15.3 Å². The fraction of sp³-hybridized carbons (Fsp3) is 0.294. The molecule has 1 rings (SSSR count). The van der Waals surface area contributed by atoms with Crippen LogP contribution in [-0.4, -0.2) is 15.3 Å². The summed E-state index contributed by atoms with van der Waals surface area (Å²) >= 11 is 0. The summed E-state index contributed by atoms with van der Waals surface area (Å²) in [7, 11) is 0. The van der Waals surface area contributed by atoms with E-state index in [4.69, 9.17) is 15.3 Å². The number of aryl methyl sites for hydroxylation is 2. The number of hydrogen-bond donors (Lipinski definition) is 3. The molecule has 0 saturated heterocycles. The van der Waals surface area contributed by atoms with Crippen LogP contribution in [0.1, 0.15) is 31.9 Å². The Balaban J connectivity index is 0. The summed E-state index contributed by atoms with van der Waals surface area (Å²) in [5.74, 6) is 0.546. The van der Waals surface area contributed by atoms with Crippen LogP contribution in [0.2, 0.25) is 0 Å². The lowest BCUT2D eigenvalue weighted by atomic mass is 10.1. The molecule has 3 N–H and O–H groups in total. The van der Waals surface area contributed by atoms with Crippen molar-refractivity contribution in [2.24, 2.45) is 0 Å². The topological polar surface area (TPSA) is 60.7 Å². The first-order valence-corrected chi connectivity index (χ1v) is 6.52. The fourth-order valence-electron chi connectivity index (χ4n) is 1.000. The Morgan fingerprint density at radius 2 is 1.60 bits per heavy atom. The first kappa shape index (κ1) is 20.2. The molecule has 0 unspecified atom stereocenters. The van der Waals surface area contributed by atoms with E-state index >= 15 is 0 Å². The van der Waals surface area contributed by atoms with Crippen LogP contribution in [0.25, 0.3) is 0 Å². The van der Waals surface area contributed by atoms with Crippen molar-refractivity contribution in [1.29, 1.82) is 0 Å². The molecule has 0 amide bonds. The maximum absolute atomic E-state index is 8.94. The number of hydrogen-bond acceptors (Lipinski definition) is 3. The Kier molecular flexibility index (Phi) is 12.0. The number of aliphatic hydroxyl groups is 2. The van der Waals surface area contributed by atoms with Gasteiger partial charge in [-0.1, -0.05) is 26.5 Å². The Labute approximate surface area is 122 Å². The highest BCUT2D eigenvalue weighted by atomic mass is 16.3. The van der Waals surface area contributed by atoms with Crippen LogP contribution in [0.4, 0.5) is 0 Å². The predicted molar refractivity (Wildman–Crippen MR) is 86.2 cm³/mol. The SMILES string of the molecule is C=C/C(O)=C\C=C(/C)O.CC.Cc1ccc(O)cc1C. The van der Waals surface area contributed by atoms with E-state index in [2.05, 4.69) is 6.58 Å². The number of aromatic hydroxyl groups is 1. The van der Waals surface area contributed by atoms with Crippen molar-refractivity contribution in [1.82, 2.24) is 0 Å². The van der Waals surface area contributed by atoms with Gasteiger partial charge in [0.05, 0.1) is 5.76 Å². The minimum absolute atomic E-state index is 0.0448. The lowest BCUT2D eigenvalue weighted by Crippen LogP contribution is -1.76. The summed E-state index contributed by atoms with van der Waals surface area (Å²) in [6.07, 6.45) is 4.04. The molecule has 1 aromatic rings. The van der Waals surface area contributed by atoms with Gasteiger partial charge in [0.2, 0.25) is 0 Å². The third-order valence-corrected chi connectivity index (χ3v) is 2.19. The Hall–Kier alpha value is -2.16. The summed E-state index contributed by atoms with van der Waals surface area (Å²) in [6.45, 7) is 12.8. The molecule has 0 spiro atoms. The van der Waals surface area contributed by atoms with Crippen LogP contribution < -0.4 is 0 Å². The molecule has 3 heteroatoms. The number of benzene rings is 1. The zero-order valence-corrected chi connectivity index (χ0v) is 13.0. The van der Waals surface area contributed by atoms with E-state index in [0.29, 0.717) is 5.75 Å². The molecule has 0 heterocycles. The molecule has 3 nitrogen and oxygen atoms in total. The van der Waals surface area contributed by atoms with Gasteiger partial charge >= 0.3 is 0 Å². The van der Waals surface area contributed by atoms with Gasteiger partial charge in [0, 0.05) is 0 Å². The Bertz CT molecular complexity index is 453. The lowest BCUT2D eigenvalue weighted by molar-refractivity contribution is 0.411. The number of phenols is 1. The quantitative estimate of drug-likeness (QED) is 0.520. The van der Waals surface area contributed by atoms with Crippen LogP contribution in [0, 0.1) is 13.8 Å². The molecule has 0 aliphatic heterocycles. The van der Waals surface area contributed by atoms with Gasteiger partial charge in [-0.2, -0.15) is 0 Å². The van der Waals surface area contributed by atoms with Gasteiger partial charge in [-0.05, 0) is 62.3 Å². The summed E-state index contributed by atoms with van der Waals surface area (Å²) in [5.41, 5.74) is 2.35. The van der Waals surface area contributed by atoms with Crippen molar-refractivity contribution in [2.45, 2.75) is 34.6 Å². The average molecular weight is 278 g/mol. The highest BCUT2D eigenvalue weighted by Gasteiger charge is 1.90. The van der Waals surface area contributed by atoms with E-state index in [9.17, 15) is 0 Å². The van der Waals surface area contributed by atoms with E-state index < -0.39 is 0 Å². The fourth-order valence-corrected chi connectivity index (χ4v) is 1.000. The van der Waals surface area contributed by atoms with Crippen LogP contribution in [0.5, 0.6) is 5.75 Å². The maximum Gasteiger partial charge on any atom is 0.115 e. The van der Waals surface area contributed by atoms with Crippen molar-refractivity contribution >= 4 is 0 Å². The highest BCUT2D eigenvalue weighted by Crippen LogP contribution is 2.13. The van der Waals surface area contributed by atoms with Gasteiger partial charge in [0.25, 0.3) is 0 Å². The van der Waals surface area contributed by atoms with Gasteiger partial charge in [-0.3, -0.25) is 0 Å². The predicted octanol–water partition coefficient (Wildman–Crippen LogP) is 5.11. The molecule has 1 aromatic carbocycles. The molecule has 0 aliphatic carbocycles. The molecular weight excluding hydrogens is 252 g/mol. The lowest BCUT2D eigenvalue weighted by Gasteiger charge is -1.97. The summed E-state index contributed by atoms with van der Waals surface area (Å²) in [6, 6.07) is 5.36. The molecule has 0 saturated carbocycles. The standard InChI is InChI=1S/C8H10O.C7H10O2.C2H6/c1-6-3-4-8(9)5-7(6)2;1-3-7(9)5-4-6(2)8;1-2/h3-5,9H,1-2H3;3-5,8-9H,1H2,2H3;1-2H3/b;6-4+,7-5+;. The zero-order chi connectivity index (χ0) is 16.1. The molecular formula is C17H26O3. The Morgan fingerprint density at radius 1 is 1.05 bits per heavy atom. The minimum atomic E-state index is 0.0448. The van der Waals surface area contributed by atoms with E-state index in [-0.39, 0.29) is 11.5 Å². The van der Waals surface area contributed by atoms with Crippen LogP contribution in [-0.2, 0) is 0 Å². The Morgan fingerprint density at radius 3 is 1.95 bits per heavy atom. The van der Waals surface area contributed by atoms with Gasteiger partial charge in [-0.25, -0.2) is 0 Å². The van der Waals surface area contributed by atoms with Crippen molar-refractivity contribution in [2.75, 3.05) is 0 Å². The second-order valence-corrected chi connectivity index (χ2v) is 3.87. The second kappa shape index (κ2) is 11.9. The smallest absolute Gasteiger partial charge is 0.115 e. The molecule has 0 atom stereocenters. The largest absolute Gasteiger partial charge is 0.513 e. The molecule has 0 aliphatic rings. The summed E-state index contributed by atoms with van der Waals surface area (Å²) in [4.78, 5) is 0. The van der Waals surface area contributed by atoms with E-state index in [0.717, 1.165) is 5.56 Å². The molecule has 112 valence electrons. The summed E-state index contributed by atoms with van der Waals surface area (Å²) in [5, 5.41) is 26.2. The molecule has 0 bridgehead atoms. The van der Waals surface area contributed by atoms with Crippen molar-refractivity contribution < 1.29 is 15.3 Å². The van der Waals surface area contributed by atoms with E-state index in [1.165, 1.54) is 30.7 Å². The van der Waals surface area contributed by atoms with Gasteiger partial charge in [0.15, 0.2) is 0 Å². The highest BCUT2D eigenvalue weighted by molar-refractivity contribution is 5.32.